The highest BCUT2D eigenvalue weighted by Crippen LogP contribution is 2.33. The zero-order chi connectivity index (χ0) is 16.6. The van der Waals surface area contributed by atoms with Gasteiger partial charge in [-0.05, 0) is 36.8 Å². The van der Waals surface area contributed by atoms with E-state index in [0.717, 1.165) is 17.9 Å². The zero-order valence-electron chi connectivity index (χ0n) is 12.3. The minimum Gasteiger partial charge on any atom is -0.464 e. The lowest BCUT2D eigenvalue weighted by molar-refractivity contribution is -0.137. The van der Waals surface area contributed by atoms with Crippen molar-refractivity contribution >= 4 is 0 Å². The minimum absolute atomic E-state index is 0.232. The molecule has 1 aromatic carbocycles. The molecule has 0 saturated carbocycles. The second kappa shape index (κ2) is 5.66. The van der Waals surface area contributed by atoms with Gasteiger partial charge in [-0.15, -0.1) is 5.06 Å². The molecule has 1 aromatic heterocycles. The average Bonchev–Trinajstić information content (AvgIpc) is 3.04. The van der Waals surface area contributed by atoms with Gasteiger partial charge in [0.15, 0.2) is 0 Å². The van der Waals surface area contributed by atoms with Gasteiger partial charge in [0.05, 0.1) is 12.1 Å². The molecule has 2 heterocycles. The third kappa shape index (κ3) is 3.34. The number of nitrogens with two attached hydrogens (primary N) is 1. The Morgan fingerprint density at radius 3 is 2.39 bits per heavy atom. The van der Waals surface area contributed by atoms with E-state index in [0.29, 0.717) is 11.3 Å². The molecule has 3 rings (SSSR count). The number of hydrogen-bond donors (Lipinski definition) is 1. The Bertz CT molecular complexity index is 720. The van der Waals surface area contributed by atoms with Gasteiger partial charge in [0, 0.05) is 6.08 Å². The number of hydroxylamine groups is 2. The van der Waals surface area contributed by atoms with Gasteiger partial charge in [0.2, 0.25) is 5.88 Å². The van der Waals surface area contributed by atoms with E-state index in [-0.39, 0.29) is 18.5 Å². The fourth-order valence-electron chi connectivity index (χ4n) is 2.41. The first kappa shape index (κ1) is 15.5. The Morgan fingerprint density at radius 1 is 1.13 bits per heavy atom. The molecule has 7 heteroatoms. The lowest BCUT2D eigenvalue weighted by Crippen LogP contribution is -2.23. The number of aryl methyl sites for hydroxylation is 1. The van der Waals surface area contributed by atoms with Crippen molar-refractivity contribution in [3.8, 4) is 0 Å². The molecule has 1 unspecified atom stereocenters. The van der Waals surface area contributed by atoms with Crippen LogP contribution in [-0.4, -0.2) is 5.06 Å². The molecule has 0 radical (unpaired) electrons. The largest absolute Gasteiger partial charge is 0.464 e. The van der Waals surface area contributed by atoms with E-state index in [2.05, 4.69) is 0 Å². The first-order valence-corrected chi connectivity index (χ1v) is 6.97. The normalized spacial score (nSPS) is 18.8. The van der Waals surface area contributed by atoms with Gasteiger partial charge in [-0.25, -0.2) is 0 Å². The molecule has 2 aromatic rings. The predicted octanol–water partition coefficient (Wildman–Crippen LogP) is 3.90. The summed E-state index contributed by atoms with van der Waals surface area (Å²) < 4.78 is 43.3. The number of halogens is 3. The van der Waals surface area contributed by atoms with Crippen molar-refractivity contribution in [1.82, 2.24) is 5.06 Å². The summed E-state index contributed by atoms with van der Waals surface area (Å²) in [6, 6.07) is 8.27. The van der Waals surface area contributed by atoms with Crippen LogP contribution in [0.3, 0.4) is 0 Å². The zero-order valence-corrected chi connectivity index (χ0v) is 12.3. The van der Waals surface area contributed by atoms with Crippen LogP contribution in [0, 0.1) is 6.92 Å². The molecule has 4 nitrogen and oxygen atoms in total. The topological polar surface area (TPSA) is 51.6 Å². The van der Waals surface area contributed by atoms with Crippen LogP contribution in [0.4, 0.5) is 13.2 Å². The van der Waals surface area contributed by atoms with Gasteiger partial charge in [-0.3, -0.25) is 0 Å². The number of alkyl halides is 3. The maximum absolute atomic E-state index is 12.6. The van der Waals surface area contributed by atoms with Crippen molar-refractivity contribution in [2.45, 2.75) is 25.7 Å². The smallest absolute Gasteiger partial charge is 0.416 e. The molecule has 0 saturated heterocycles. The highest BCUT2D eigenvalue weighted by molar-refractivity contribution is 5.25. The standard InChI is InChI=1S/C16H15F3N2O2/c1-10-2-7-14(22-10)13-8-15(20)23-21(13)9-11-3-5-12(6-4-11)16(17,18)19/h2-8,13H,9,20H2,1H3. The molecule has 1 aliphatic heterocycles. The lowest BCUT2D eigenvalue weighted by atomic mass is 10.1. The van der Waals surface area contributed by atoms with Gasteiger partial charge < -0.3 is 15.0 Å². The molecule has 0 aliphatic carbocycles. The molecular weight excluding hydrogens is 309 g/mol. The van der Waals surface area contributed by atoms with Crippen LogP contribution in [0.25, 0.3) is 0 Å². The van der Waals surface area contributed by atoms with E-state index in [1.54, 1.807) is 11.1 Å². The summed E-state index contributed by atoms with van der Waals surface area (Å²) in [5, 5.41) is 1.57. The summed E-state index contributed by atoms with van der Waals surface area (Å²) >= 11 is 0. The van der Waals surface area contributed by atoms with Crippen molar-refractivity contribution in [1.29, 1.82) is 0 Å². The van der Waals surface area contributed by atoms with E-state index in [1.807, 2.05) is 19.1 Å². The lowest BCUT2D eigenvalue weighted by Gasteiger charge is -2.21. The molecule has 0 fully saturated rings. The van der Waals surface area contributed by atoms with E-state index in [9.17, 15) is 13.2 Å². The van der Waals surface area contributed by atoms with Crippen LogP contribution in [-0.2, 0) is 17.6 Å². The third-order valence-electron chi connectivity index (χ3n) is 3.53. The molecular formula is C16H15F3N2O2. The number of furan rings is 1. The van der Waals surface area contributed by atoms with Gasteiger partial charge >= 0.3 is 6.18 Å². The van der Waals surface area contributed by atoms with Crippen molar-refractivity contribution < 1.29 is 22.4 Å². The van der Waals surface area contributed by atoms with Crippen LogP contribution in [0.1, 0.15) is 28.7 Å². The van der Waals surface area contributed by atoms with Crippen LogP contribution >= 0.6 is 0 Å². The summed E-state index contributed by atoms with van der Waals surface area (Å²) in [5.41, 5.74) is 5.70. The Labute approximate surface area is 130 Å². The van der Waals surface area contributed by atoms with E-state index in [1.165, 1.54) is 12.1 Å². The molecule has 122 valence electrons. The Hall–Kier alpha value is -2.41. The first-order valence-electron chi connectivity index (χ1n) is 6.97. The highest BCUT2D eigenvalue weighted by atomic mass is 19.4. The second-order valence-corrected chi connectivity index (χ2v) is 5.32. The third-order valence-corrected chi connectivity index (χ3v) is 3.53. The summed E-state index contributed by atoms with van der Waals surface area (Å²) in [7, 11) is 0. The van der Waals surface area contributed by atoms with Crippen molar-refractivity contribution in [2.24, 2.45) is 5.73 Å². The minimum atomic E-state index is -4.34. The number of nitrogens with zero attached hydrogens (tertiary/aromatic N) is 1. The average molecular weight is 324 g/mol. The Morgan fingerprint density at radius 2 is 1.83 bits per heavy atom. The van der Waals surface area contributed by atoms with Gasteiger partial charge in [0.25, 0.3) is 0 Å². The van der Waals surface area contributed by atoms with Gasteiger partial charge in [0.1, 0.15) is 17.6 Å². The quantitative estimate of drug-likeness (QED) is 0.930. The SMILES string of the molecule is Cc1ccc(C2C=C(N)ON2Cc2ccc(C(F)(F)F)cc2)o1. The van der Waals surface area contributed by atoms with Crippen LogP contribution < -0.4 is 5.73 Å². The van der Waals surface area contributed by atoms with E-state index < -0.39 is 11.7 Å². The van der Waals surface area contributed by atoms with E-state index in [4.69, 9.17) is 15.0 Å². The molecule has 2 N–H and O–H groups in total. The predicted molar refractivity (Wildman–Crippen MR) is 76.5 cm³/mol. The van der Waals surface area contributed by atoms with Crippen molar-refractivity contribution in [3.05, 3.63) is 71.0 Å². The summed E-state index contributed by atoms with van der Waals surface area (Å²) in [5.74, 6) is 1.65. The maximum Gasteiger partial charge on any atom is 0.416 e. The Balaban J connectivity index is 1.76. The number of hydrogen-bond acceptors (Lipinski definition) is 4. The van der Waals surface area contributed by atoms with E-state index >= 15 is 0 Å². The number of benzene rings is 1. The Kier molecular flexibility index (Phi) is 3.81. The number of rotatable bonds is 3. The monoisotopic (exact) mass is 324 g/mol. The summed E-state index contributed by atoms with van der Waals surface area (Å²) in [6.45, 7) is 2.10. The van der Waals surface area contributed by atoms with Crippen LogP contribution in [0.2, 0.25) is 0 Å². The van der Waals surface area contributed by atoms with Crippen molar-refractivity contribution in [3.63, 3.8) is 0 Å². The molecule has 1 aliphatic rings. The first-order chi connectivity index (χ1) is 10.8. The molecule has 23 heavy (non-hydrogen) atoms. The second-order valence-electron chi connectivity index (χ2n) is 5.32. The fraction of sp³-hybridized carbons (Fsp3) is 0.250. The molecule has 0 bridgehead atoms. The van der Waals surface area contributed by atoms with Gasteiger partial charge in [-0.2, -0.15) is 13.2 Å². The molecule has 1 atom stereocenters. The van der Waals surface area contributed by atoms with Gasteiger partial charge in [-0.1, -0.05) is 12.1 Å². The van der Waals surface area contributed by atoms with Crippen molar-refractivity contribution in [2.75, 3.05) is 0 Å². The van der Waals surface area contributed by atoms with Crippen LogP contribution in [0.5, 0.6) is 0 Å². The fourth-order valence-corrected chi connectivity index (χ4v) is 2.41. The highest BCUT2D eigenvalue weighted by Gasteiger charge is 2.32. The molecule has 0 spiro atoms. The van der Waals surface area contributed by atoms with Crippen LogP contribution in [0.15, 0.2) is 52.8 Å². The summed E-state index contributed by atoms with van der Waals surface area (Å²) in [6.07, 6.45) is -2.65. The summed E-state index contributed by atoms with van der Waals surface area (Å²) in [4.78, 5) is 5.43. The maximum atomic E-state index is 12.6. The molecule has 0 amide bonds.